The van der Waals surface area contributed by atoms with Crippen LogP contribution in [0.2, 0.25) is 0 Å². The topological polar surface area (TPSA) is 43.1 Å². The van der Waals surface area contributed by atoms with E-state index in [2.05, 4.69) is 13.8 Å². The molecular weight excluding hydrogens is 162 g/mol. The summed E-state index contributed by atoms with van der Waals surface area (Å²) in [7, 11) is 0. The molecule has 0 aliphatic heterocycles. The first-order valence-electron chi connectivity index (χ1n) is 5.35. The average Bonchev–Trinajstić information content (AvgIpc) is 2.04. The van der Waals surface area contributed by atoms with Crippen molar-refractivity contribution in [3.8, 4) is 0 Å². The van der Waals surface area contributed by atoms with Crippen LogP contribution in [0.4, 0.5) is 0 Å². The Morgan fingerprint density at radius 1 is 1.31 bits per heavy atom. The van der Waals surface area contributed by atoms with Gasteiger partial charge in [0.1, 0.15) is 0 Å². The normalized spacial score (nSPS) is 21.8. The second-order valence-corrected chi connectivity index (χ2v) is 4.72. The van der Waals surface area contributed by atoms with Crippen LogP contribution >= 0.6 is 0 Å². The molecule has 13 heavy (non-hydrogen) atoms. The molecule has 0 saturated heterocycles. The Balaban J connectivity index is 2.67. The summed E-state index contributed by atoms with van der Waals surface area (Å²) in [5.41, 5.74) is 5.53. The highest BCUT2D eigenvalue weighted by atomic mass is 16.1. The third kappa shape index (κ3) is 2.45. The van der Waals surface area contributed by atoms with Crippen LogP contribution in [-0.4, -0.2) is 5.91 Å². The fraction of sp³-hybridized carbons (Fsp3) is 0.909. The summed E-state index contributed by atoms with van der Waals surface area (Å²) in [6, 6.07) is 0. The molecule has 1 rings (SSSR count). The van der Waals surface area contributed by atoms with Gasteiger partial charge in [0.2, 0.25) is 5.91 Å². The highest BCUT2D eigenvalue weighted by Gasteiger charge is 2.36. The standard InChI is InChI=1S/C11H21NO/c1-9(2)11(8-10(12)13)6-4-3-5-7-11/h9H,3-8H2,1-2H3,(H2,12,13). The van der Waals surface area contributed by atoms with Gasteiger partial charge in [-0.1, -0.05) is 33.1 Å². The predicted octanol–water partition coefficient (Wildman–Crippen LogP) is 2.47. The molecule has 0 aromatic rings. The minimum atomic E-state index is -0.129. The number of carbonyl (C=O) groups excluding carboxylic acids is 1. The molecule has 2 heteroatoms. The first-order valence-corrected chi connectivity index (χ1v) is 5.35. The van der Waals surface area contributed by atoms with Crippen molar-refractivity contribution in [2.75, 3.05) is 0 Å². The molecule has 76 valence electrons. The van der Waals surface area contributed by atoms with Crippen LogP contribution < -0.4 is 5.73 Å². The van der Waals surface area contributed by atoms with Crippen molar-refractivity contribution < 1.29 is 4.79 Å². The SMILES string of the molecule is CC(C)C1(CC(N)=O)CCCCC1. The van der Waals surface area contributed by atoms with Crippen molar-refractivity contribution in [3.63, 3.8) is 0 Å². The van der Waals surface area contributed by atoms with E-state index in [0.717, 1.165) is 0 Å². The van der Waals surface area contributed by atoms with Crippen molar-refractivity contribution in [2.45, 2.75) is 52.4 Å². The molecule has 0 bridgehead atoms. The van der Waals surface area contributed by atoms with Crippen molar-refractivity contribution in [1.29, 1.82) is 0 Å². The molecule has 0 aromatic heterocycles. The van der Waals surface area contributed by atoms with Crippen LogP contribution in [0, 0.1) is 11.3 Å². The zero-order valence-electron chi connectivity index (χ0n) is 8.81. The van der Waals surface area contributed by atoms with Gasteiger partial charge in [-0.3, -0.25) is 4.79 Å². The summed E-state index contributed by atoms with van der Waals surface area (Å²) >= 11 is 0. The lowest BCUT2D eigenvalue weighted by molar-refractivity contribution is -0.121. The number of nitrogens with two attached hydrogens (primary N) is 1. The van der Waals surface area contributed by atoms with Gasteiger partial charge in [-0.2, -0.15) is 0 Å². The summed E-state index contributed by atoms with van der Waals surface area (Å²) in [6.45, 7) is 4.43. The Labute approximate surface area is 80.9 Å². The van der Waals surface area contributed by atoms with E-state index in [-0.39, 0.29) is 11.3 Å². The predicted molar refractivity (Wildman–Crippen MR) is 54.2 cm³/mol. The second kappa shape index (κ2) is 4.12. The lowest BCUT2D eigenvalue weighted by Gasteiger charge is -2.40. The van der Waals surface area contributed by atoms with E-state index >= 15 is 0 Å². The maximum atomic E-state index is 11.0. The highest BCUT2D eigenvalue weighted by molar-refractivity contribution is 5.74. The fourth-order valence-corrected chi connectivity index (χ4v) is 2.56. The molecule has 2 nitrogen and oxygen atoms in total. The number of amides is 1. The summed E-state index contributed by atoms with van der Waals surface area (Å²) in [4.78, 5) is 11.0. The van der Waals surface area contributed by atoms with Gasteiger partial charge in [0, 0.05) is 6.42 Å². The van der Waals surface area contributed by atoms with Crippen LogP contribution in [-0.2, 0) is 4.79 Å². The minimum Gasteiger partial charge on any atom is -0.370 e. The number of hydrogen-bond acceptors (Lipinski definition) is 1. The molecule has 1 aliphatic carbocycles. The third-order valence-electron chi connectivity index (χ3n) is 3.60. The third-order valence-corrected chi connectivity index (χ3v) is 3.60. The Kier molecular flexibility index (Phi) is 3.34. The van der Waals surface area contributed by atoms with Crippen LogP contribution in [0.15, 0.2) is 0 Å². The molecule has 0 heterocycles. The van der Waals surface area contributed by atoms with Gasteiger partial charge < -0.3 is 5.73 Å². The van der Waals surface area contributed by atoms with E-state index in [9.17, 15) is 4.79 Å². The van der Waals surface area contributed by atoms with Gasteiger partial charge >= 0.3 is 0 Å². The van der Waals surface area contributed by atoms with E-state index in [0.29, 0.717) is 12.3 Å². The van der Waals surface area contributed by atoms with Gasteiger partial charge in [-0.25, -0.2) is 0 Å². The van der Waals surface area contributed by atoms with Crippen LogP contribution in [0.1, 0.15) is 52.4 Å². The van der Waals surface area contributed by atoms with Gasteiger partial charge in [0.05, 0.1) is 0 Å². The van der Waals surface area contributed by atoms with Crippen LogP contribution in [0.5, 0.6) is 0 Å². The molecule has 0 radical (unpaired) electrons. The van der Waals surface area contributed by atoms with E-state index < -0.39 is 0 Å². The molecule has 1 saturated carbocycles. The van der Waals surface area contributed by atoms with Gasteiger partial charge in [-0.05, 0) is 24.2 Å². The zero-order chi connectivity index (χ0) is 9.90. The minimum absolute atomic E-state index is 0.129. The molecule has 1 amide bonds. The molecule has 1 aliphatic rings. The number of hydrogen-bond donors (Lipinski definition) is 1. The van der Waals surface area contributed by atoms with Gasteiger partial charge in [0.25, 0.3) is 0 Å². The Morgan fingerprint density at radius 3 is 2.23 bits per heavy atom. The summed E-state index contributed by atoms with van der Waals surface area (Å²) in [5.74, 6) is 0.455. The van der Waals surface area contributed by atoms with Crippen molar-refractivity contribution in [2.24, 2.45) is 17.1 Å². The molecule has 0 atom stereocenters. The van der Waals surface area contributed by atoms with Crippen molar-refractivity contribution in [1.82, 2.24) is 0 Å². The maximum absolute atomic E-state index is 11.0. The monoisotopic (exact) mass is 183 g/mol. The summed E-state index contributed by atoms with van der Waals surface area (Å²) in [6.07, 6.45) is 6.83. The molecular formula is C11H21NO. The van der Waals surface area contributed by atoms with E-state index in [1.54, 1.807) is 0 Å². The van der Waals surface area contributed by atoms with Gasteiger partial charge in [0.15, 0.2) is 0 Å². The highest BCUT2D eigenvalue weighted by Crippen LogP contribution is 2.44. The lowest BCUT2D eigenvalue weighted by atomic mass is 9.65. The average molecular weight is 183 g/mol. The van der Waals surface area contributed by atoms with Crippen molar-refractivity contribution >= 4 is 5.91 Å². The molecule has 0 aromatic carbocycles. The second-order valence-electron chi connectivity index (χ2n) is 4.72. The quantitative estimate of drug-likeness (QED) is 0.717. The smallest absolute Gasteiger partial charge is 0.217 e. The van der Waals surface area contributed by atoms with Gasteiger partial charge in [-0.15, -0.1) is 0 Å². The first-order chi connectivity index (χ1) is 6.07. The Bertz CT molecular complexity index is 181. The van der Waals surface area contributed by atoms with E-state index in [1.807, 2.05) is 0 Å². The lowest BCUT2D eigenvalue weighted by Crippen LogP contribution is -2.34. The largest absolute Gasteiger partial charge is 0.370 e. The summed E-state index contributed by atoms with van der Waals surface area (Å²) < 4.78 is 0. The van der Waals surface area contributed by atoms with E-state index in [1.165, 1.54) is 32.1 Å². The van der Waals surface area contributed by atoms with Crippen molar-refractivity contribution in [3.05, 3.63) is 0 Å². The number of rotatable bonds is 3. The molecule has 0 spiro atoms. The first kappa shape index (κ1) is 10.6. The van der Waals surface area contributed by atoms with Crippen LogP contribution in [0.3, 0.4) is 0 Å². The Hall–Kier alpha value is -0.530. The zero-order valence-corrected chi connectivity index (χ0v) is 8.81. The van der Waals surface area contributed by atoms with Crippen LogP contribution in [0.25, 0.3) is 0 Å². The number of carbonyl (C=O) groups is 1. The Morgan fingerprint density at radius 2 is 1.85 bits per heavy atom. The summed E-state index contributed by atoms with van der Waals surface area (Å²) in [5, 5.41) is 0. The number of primary amides is 1. The molecule has 1 fully saturated rings. The molecule has 0 unspecified atom stereocenters. The van der Waals surface area contributed by atoms with E-state index in [4.69, 9.17) is 5.73 Å². The molecule has 2 N–H and O–H groups in total. The fourth-order valence-electron chi connectivity index (χ4n) is 2.56. The maximum Gasteiger partial charge on any atom is 0.217 e.